The maximum atomic E-state index is 6.34. The number of hydrogen-bond donors (Lipinski definition) is 0. The van der Waals surface area contributed by atoms with Crippen molar-refractivity contribution >= 4 is 81.6 Å². The van der Waals surface area contributed by atoms with Gasteiger partial charge in [-0.15, -0.1) is 11.3 Å². The molecule has 0 radical (unpaired) electrons. The van der Waals surface area contributed by atoms with Crippen molar-refractivity contribution in [1.29, 1.82) is 0 Å². The molecule has 0 spiro atoms. The van der Waals surface area contributed by atoms with Crippen LogP contribution in [0.2, 0.25) is 0 Å². The molecule has 5 heteroatoms. The first-order chi connectivity index (χ1) is 28.0. The van der Waals surface area contributed by atoms with E-state index in [1.165, 1.54) is 42.4 Å². The fourth-order valence-electron chi connectivity index (χ4n) is 9.03. The lowest BCUT2D eigenvalue weighted by Crippen LogP contribution is -2.15. The van der Waals surface area contributed by atoms with Crippen LogP contribution >= 0.6 is 11.3 Å². The normalized spacial score (nSPS) is 13.2. The molecule has 1 aliphatic rings. The van der Waals surface area contributed by atoms with Crippen LogP contribution in [-0.2, 0) is 5.41 Å². The lowest BCUT2D eigenvalue weighted by molar-refractivity contribution is 0.617. The SMILES string of the molecule is CC1(C)c2ccccc2-c2cc(N(c3ccc(-c4ccc5oc6cc7oc(-c8ccccc8)nc7cc6c5c4)cc3)c3ccc4sc5ccccc5c4c3)ccc21. The highest BCUT2D eigenvalue weighted by molar-refractivity contribution is 7.25. The van der Waals surface area contributed by atoms with Gasteiger partial charge in [0.1, 0.15) is 16.7 Å². The molecule has 0 saturated heterocycles. The van der Waals surface area contributed by atoms with Crippen LogP contribution in [0.5, 0.6) is 0 Å². The Labute approximate surface area is 332 Å². The molecule has 0 atom stereocenters. The topological polar surface area (TPSA) is 42.4 Å². The Bertz CT molecular complexity index is 3390. The number of benzene rings is 8. The fourth-order valence-corrected chi connectivity index (χ4v) is 10.1. The lowest BCUT2D eigenvalue weighted by atomic mass is 9.82. The summed E-state index contributed by atoms with van der Waals surface area (Å²) in [6.45, 7) is 4.67. The van der Waals surface area contributed by atoms with E-state index in [-0.39, 0.29) is 5.41 Å². The summed E-state index contributed by atoms with van der Waals surface area (Å²) in [5.41, 5.74) is 15.0. The number of fused-ring (bicyclic) bond motifs is 10. The Kier molecular flexibility index (Phi) is 6.82. The molecular formula is C52H34N2O2S. The van der Waals surface area contributed by atoms with Gasteiger partial charge >= 0.3 is 0 Å². The van der Waals surface area contributed by atoms with Crippen LogP contribution in [0.3, 0.4) is 0 Å². The van der Waals surface area contributed by atoms with E-state index in [9.17, 15) is 0 Å². The van der Waals surface area contributed by atoms with Gasteiger partial charge in [0.05, 0.1) is 0 Å². The molecule has 0 fully saturated rings. The molecule has 12 rings (SSSR count). The average molecular weight is 751 g/mol. The Morgan fingerprint density at radius 2 is 1.16 bits per heavy atom. The number of rotatable bonds is 5. The van der Waals surface area contributed by atoms with Gasteiger partial charge in [-0.2, -0.15) is 0 Å². The van der Waals surface area contributed by atoms with Gasteiger partial charge in [0.25, 0.3) is 0 Å². The summed E-state index contributed by atoms with van der Waals surface area (Å²) in [5, 5.41) is 4.65. The number of thiophene rings is 1. The van der Waals surface area contributed by atoms with Gasteiger partial charge in [-0.05, 0) is 112 Å². The van der Waals surface area contributed by atoms with Crippen molar-refractivity contribution in [3.05, 3.63) is 181 Å². The molecule has 0 saturated carbocycles. The first kappa shape index (κ1) is 32.3. The molecule has 0 unspecified atom stereocenters. The third kappa shape index (κ3) is 4.95. The second kappa shape index (κ2) is 12.0. The van der Waals surface area contributed by atoms with Crippen LogP contribution in [0.4, 0.5) is 17.1 Å². The summed E-state index contributed by atoms with van der Waals surface area (Å²) in [5.74, 6) is 0.606. The third-order valence-corrected chi connectivity index (χ3v) is 13.1. The summed E-state index contributed by atoms with van der Waals surface area (Å²) in [4.78, 5) is 7.24. The summed E-state index contributed by atoms with van der Waals surface area (Å²) in [6, 6.07) is 61.0. The summed E-state index contributed by atoms with van der Waals surface area (Å²) in [6.07, 6.45) is 0. The van der Waals surface area contributed by atoms with Gasteiger partial charge < -0.3 is 13.7 Å². The van der Waals surface area contributed by atoms with E-state index in [1.807, 2.05) is 47.7 Å². The molecule has 0 amide bonds. The Balaban J connectivity index is 0.966. The zero-order valence-electron chi connectivity index (χ0n) is 31.3. The van der Waals surface area contributed by atoms with Crippen LogP contribution < -0.4 is 4.90 Å². The molecule has 57 heavy (non-hydrogen) atoms. The van der Waals surface area contributed by atoms with Crippen LogP contribution in [0.1, 0.15) is 25.0 Å². The highest BCUT2D eigenvalue weighted by atomic mass is 32.1. The van der Waals surface area contributed by atoms with Crippen molar-refractivity contribution < 1.29 is 8.83 Å². The average Bonchev–Trinajstić information content (AvgIpc) is 4.00. The molecule has 0 N–H and O–H groups in total. The molecule has 3 heterocycles. The molecule has 11 aromatic rings. The largest absolute Gasteiger partial charge is 0.456 e. The number of hydrogen-bond acceptors (Lipinski definition) is 5. The Hall–Kier alpha value is -6.95. The zero-order chi connectivity index (χ0) is 37.8. The van der Waals surface area contributed by atoms with Crippen LogP contribution in [0.25, 0.3) is 86.9 Å². The summed E-state index contributed by atoms with van der Waals surface area (Å²) >= 11 is 1.85. The van der Waals surface area contributed by atoms with E-state index in [0.29, 0.717) is 11.5 Å². The molecule has 0 bridgehead atoms. The predicted molar refractivity (Wildman–Crippen MR) is 237 cm³/mol. The minimum atomic E-state index is -0.0566. The van der Waals surface area contributed by atoms with Crippen molar-refractivity contribution in [2.75, 3.05) is 4.90 Å². The third-order valence-electron chi connectivity index (χ3n) is 11.9. The number of aromatic nitrogens is 1. The van der Waals surface area contributed by atoms with E-state index >= 15 is 0 Å². The predicted octanol–water partition coefficient (Wildman–Crippen LogP) is 15.2. The second-order valence-electron chi connectivity index (χ2n) is 15.6. The smallest absolute Gasteiger partial charge is 0.227 e. The standard InChI is InChI=1S/C52H34N2O2S/c1-52(2)43-14-8-6-12-37(43)39-27-35(21-23-44(39)52)54(36-22-25-50-42(28-36)38-13-7-9-15-49(38)57-50)34-19-16-31(17-20-34)33-18-24-46-40(26-33)41-29-45-48(30-47(41)55-46)56-51(53-45)32-10-4-3-5-11-32/h3-30H,1-2H3. The van der Waals surface area contributed by atoms with Crippen LogP contribution in [-0.4, -0.2) is 4.98 Å². The van der Waals surface area contributed by atoms with Gasteiger partial charge in [0.15, 0.2) is 5.58 Å². The summed E-state index contributed by atoms with van der Waals surface area (Å²) in [7, 11) is 0. The van der Waals surface area contributed by atoms with Crippen molar-refractivity contribution in [2.24, 2.45) is 0 Å². The van der Waals surface area contributed by atoms with E-state index in [4.69, 9.17) is 13.8 Å². The van der Waals surface area contributed by atoms with Gasteiger partial charge in [-0.1, -0.05) is 98.8 Å². The van der Waals surface area contributed by atoms with Gasteiger partial charge in [-0.25, -0.2) is 4.98 Å². The quantitative estimate of drug-likeness (QED) is 0.176. The molecule has 1 aliphatic carbocycles. The highest BCUT2D eigenvalue weighted by Gasteiger charge is 2.35. The maximum Gasteiger partial charge on any atom is 0.227 e. The highest BCUT2D eigenvalue weighted by Crippen LogP contribution is 2.51. The van der Waals surface area contributed by atoms with Crippen LogP contribution in [0, 0.1) is 0 Å². The number of oxazole rings is 1. The van der Waals surface area contributed by atoms with Crippen molar-refractivity contribution in [3.8, 4) is 33.7 Å². The van der Waals surface area contributed by atoms with Gasteiger partial charge in [0, 0.05) is 65.1 Å². The minimum Gasteiger partial charge on any atom is -0.456 e. The molecular weight excluding hydrogens is 717 g/mol. The van der Waals surface area contributed by atoms with Gasteiger partial charge in [-0.3, -0.25) is 0 Å². The minimum absolute atomic E-state index is 0.0566. The Morgan fingerprint density at radius 3 is 2.05 bits per heavy atom. The van der Waals surface area contributed by atoms with E-state index in [1.54, 1.807) is 0 Å². The van der Waals surface area contributed by atoms with Crippen molar-refractivity contribution in [3.63, 3.8) is 0 Å². The zero-order valence-corrected chi connectivity index (χ0v) is 32.1. The number of anilines is 3. The number of furan rings is 1. The van der Waals surface area contributed by atoms with Gasteiger partial charge in [0.2, 0.25) is 5.89 Å². The Morgan fingerprint density at radius 1 is 0.456 bits per heavy atom. The second-order valence-corrected chi connectivity index (χ2v) is 16.7. The molecule has 8 aromatic carbocycles. The number of nitrogens with zero attached hydrogens (tertiary/aromatic N) is 2. The lowest BCUT2D eigenvalue weighted by Gasteiger charge is -2.27. The molecule has 4 nitrogen and oxygen atoms in total. The molecule has 3 aromatic heterocycles. The first-order valence-corrected chi connectivity index (χ1v) is 20.2. The van der Waals surface area contributed by atoms with Crippen molar-refractivity contribution in [1.82, 2.24) is 4.98 Å². The molecule has 270 valence electrons. The first-order valence-electron chi connectivity index (χ1n) is 19.3. The monoisotopic (exact) mass is 750 g/mol. The molecule has 0 aliphatic heterocycles. The maximum absolute atomic E-state index is 6.34. The summed E-state index contributed by atoms with van der Waals surface area (Å²) < 4.78 is 15.1. The van der Waals surface area contributed by atoms with E-state index in [2.05, 4.69) is 152 Å². The van der Waals surface area contributed by atoms with Crippen LogP contribution in [0.15, 0.2) is 179 Å². The fraction of sp³-hybridized carbons (Fsp3) is 0.0577. The van der Waals surface area contributed by atoms with Crippen molar-refractivity contribution in [2.45, 2.75) is 19.3 Å². The van der Waals surface area contributed by atoms with E-state index in [0.717, 1.165) is 61.2 Å². The van der Waals surface area contributed by atoms with E-state index < -0.39 is 0 Å².